The van der Waals surface area contributed by atoms with E-state index in [9.17, 15) is 18.0 Å². The molecular formula is C21H22N2O5S. The van der Waals surface area contributed by atoms with Crippen LogP contribution in [0.5, 0.6) is 0 Å². The molecule has 1 aromatic heterocycles. The van der Waals surface area contributed by atoms with Crippen molar-refractivity contribution in [2.24, 2.45) is 0 Å². The van der Waals surface area contributed by atoms with Crippen LogP contribution in [0.1, 0.15) is 13.3 Å². The van der Waals surface area contributed by atoms with Crippen LogP contribution in [0.4, 0.5) is 0 Å². The third kappa shape index (κ3) is 4.08. The zero-order valence-corrected chi connectivity index (χ0v) is 16.9. The number of fused-ring (bicyclic) bond motifs is 1. The Labute approximate surface area is 168 Å². The zero-order valence-electron chi connectivity index (χ0n) is 16.1. The first kappa shape index (κ1) is 20.8. The first-order chi connectivity index (χ1) is 13.7. The molecule has 1 atom stereocenters. The number of aryl methyl sites for hydroxylation is 1. The van der Waals surface area contributed by atoms with Gasteiger partial charge in [-0.15, -0.1) is 0 Å². The van der Waals surface area contributed by atoms with Crippen LogP contribution in [0.25, 0.3) is 21.9 Å². The van der Waals surface area contributed by atoms with Gasteiger partial charge >= 0.3 is 0 Å². The van der Waals surface area contributed by atoms with E-state index >= 15 is 0 Å². The number of hydrogen-bond acceptors (Lipinski definition) is 5. The average molecular weight is 414 g/mol. The van der Waals surface area contributed by atoms with Crippen molar-refractivity contribution in [1.29, 1.82) is 0 Å². The molecule has 1 heterocycles. The molecule has 0 radical (unpaired) electrons. The normalized spacial score (nSPS) is 13.8. The van der Waals surface area contributed by atoms with Crippen LogP contribution in [0.2, 0.25) is 0 Å². The SMILES string of the molecule is C[C@@](CCn1ccc(-c2ccc3ccccc3c2)cc1=O)(C(=O)NO)S(C)(=O)=O. The number of carbonyl (C=O) groups excluding carboxylic acids is 1. The maximum absolute atomic E-state index is 12.5. The number of carbonyl (C=O) groups is 1. The summed E-state index contributed by atoms with van der Waals surface area (Å²) in [7, 11) is -3.82. The predicted octanol–water partition coefficient (Wildman–Crippen LogP) is 2.37. The quantitative estimate of drug-likeness (QED) is 0.476. The van der Waals surface area contributed by atoms with Crippen molar-refractivity contribution in [3.05, 3.63) is 71.1 Å². The maximum atomic E-state index is 12.5. The number of nitrogens with one attached hydrogen (secondary N) is 1. The lowest BCUT2D eigenvalue weighted by molar-refractivity contribution is -0.131. The van der Waals surface area contributed by atoms with Crippen LogP contribution in [-0.4, -0.2) is 35.1 Å². The molecule has 0 aliphatic rings. The van der Waals surface area contributed by atoms with Gasteiger partial charge in [0.2, 0.25) is 0 Å². The minimum Gasteiger partial charge on any atom is -0.315 e. The van der Waals surface area contributed by atoms with Crippen molar-refractivity contribution >= 4 is 26.5 Å². The number of aromatic nitrogens is 1. The fourth-order valence-corrected chi connectivity index (χ4v) is 4.00. The topological polar surface area (TPSA) is 105 Å². The summed E-state index contributed by atoms with van der Waals surface area (Å²) in [5.41, 5.74) is 2.74. The number of hydroxylamine groups is 1. The van der Waals surface area contributed by atoms with E-state index < -0.39 is 20.5 Å². The Bertz CT molecular complexity index is 1230. The van der Waals surface area contributed by atoms with Crippen LogP contribution >= 0.6 is 0 Å². The molecule has 3 rings (SSSR count). The molecule has 0 unspecified atom stereocenters. The molecule has 2 N–H and O–H groups in total. The van der Waals surface area contributed by atoms with Gasteiger partial charge in [0.25, 0.3) is 11.5 Å². The van der Waals surface area contributed by atoms with Gasteiger partial charge in [0.05, 0.1) is 0 Å². The minimum atomic E-state index is -3.82. The molecule has 0 aliphatic carbocycles. The number of amides is 1. The molecule has 7 nitrogen and oxygen atoms in total. The molecule has 0 aliphatic heterocycles. The van der Waals surface area contributed by atoms with Crippen molar-refractivity contribution in [3.8, 4) is 11.1 Å². The second-order valence-corrected chi connectivity index (χ2v) is 9.65. The third-order valence-corrected chi connectivity index (χ3v) is 7.34. The number of nitrogens with zero attached hydrogens (tertiary/aromatic N) is 1. The number of rotatable bonds is 6. The molecule has 152 valence electrons. The number of pyridine rings is 1. The van der Waals surface area contributed by atoms with Crippen LogP contribution in [-0.2, 0) is 21.2 Å². The second kappa shape index (κ2) is 7.81. The Kier molecular flexibility index (Phi) is 5.59. The van der Waals surface area contributed by atoms with E-state index in [2.05, 4.69) is 0 Å². The molecule has 0 bridgehead atoms. The summed E-state index contributed by atoms with van der Waals surface area (Å²) in [4.78, 5) is 24.5. The molecule has 8 heteroatoms. The Balaban J connectivity index is 1.87. The largest absolute Gasteiger partial charge is 0.315 e. The van der Waals surface area contributed by atoms with Gasteiger partial charge < -0.3 is 4.57 Å². The highest BCUT2D eigenvalue weighted by molar-refractivity contribution is 7.92. The molecular weight excluding hydrogens is 392 g/mol. The molecule has 0 spiro atoms. The van der Waals surface area contributed by atoms with E-state index in [-0.39, 0.29) is 18.5 Å². The van der Waals surface area contributed by atoms with E-state index in [1.807, 2.05) is 42.5 Å². The predicted molar refractivity (Wildman–Crippen MR) is 111 cm³/mol. The van der Waals surface area contributed by atoms with Crippen molar-refractivity contribution in [3.63, 3.8) is 0 Å². The van der Waals surface area contributed by atoms with E-state index in [4.69, 9.17) is 5.21 Å². The molecule has 1 amide bonds. The lowest BCUT2D eigenvalue weighted by atomic mass is 10.0. The van der Waals surface area contributed by atoms with E-state index in [0.717, 1.165) is 28.2 Å². The second-order valence-electron chi connectivity index (χ2n) is 7.20. The van der Waals surface area contributed by atoms with Crippen LogP contribution in [0.3, 0.4) is 0 Å². The van der Waals surface area contributed by atoms with Gasteiger partial charge in [-0.2, -0.15) is 0 Å². The Morgan fingerprint density at radius 3 is 2.34 bits per heavy atom. The summed E-state index contributed by atoms with van der Waals surface area (Å²) in [6, 6.07) is 17.1. The Hall–Kier alpha value is -2.97. The van der Waals surface area contributed by atoms with Crippen molar-refractivity contribution in [2.45, 2.75) is 24.6 Å². The highest BCUT2D eigenvalue weighted by Crippen LogP contribution is 2.24. The third-order valence-electron chi connectivity index (χ3n) is 5.31. The maximum Gasteiger partial charge on any atom is 0.264 e. The van der Waals surface area contributed by atoms with Crippen LogP contribution < -0.4 is 11.0 Å². The monoisotopic (exact) mass is 414 g/mol. The highest BCUT2D eigenvalue weighted by Gasteiger charge is 2.43. The summed E-state index contributed by atoms with van der Waals surface area (Å²) < 4.78 is 23.6. The molecule has 3 aromatic rings. The van der Waals surface area contributed by atoms with Gasteiger partial charge in [-0.3, -0.25) is 14.8 Å². The van der Waals surface area contributed by atoms with Gasteiger partial charge in [0, 0.05) is 25.1 Å². The summed E-state index contributed by atoms with van der Waals surface area (Å²) in [6.07, 6.45) is 2.34. The van der Waals surface area contributed by atoms with Crippen molar-refractivity contribution in [2.75, 3.05) is 6.26 Å². The summed E-state index contributed by atoms with van der Waals surface area (Å²) in [5, 5.41) is 11.1. The van der Waals surface area contributed by atoms with Crippen LogP contribution in [0.15, 0.2) is 65.6 Å². The van der Waals surface area contributed by atoms with Crippen LogP contribution in [0, 0.1) is 0 Å². The van der Waals surface area contributed by atoms with Gasteiger partial charge in [0.15, 0.2) is 14.6 Å². The summed E-state index contributed by atoms with van der Waals surface area (Å²) in [6.45, 7) is 1.23. The van der Waals surface area contributed by atoms with Crippen molar-refractivity contribution in [1.82, 2.24) is 10.0 Å². The first-order valence-electron chi connectivity index (χ1n) is 8.99. The van der Waals surface area contributed by atoms with Gasteiger partial charge in [-0.05, 0) is 47.4 Å². The van der Waals surface area contributed by atoms with Gasteiger partial charge in [0.1, 0.15) is 0 Å². The van der Waals surface area contributed by atoms with Crippen molar-refractivity contribution < 1.29 is 18.4 Å². The summed E-state index contributed by atoms with van der Waals surface area (Å²) >= 11 is 0. The van der Waals surface area contributed by atoms with E-state index in [1.54, 1.807) is 12.3 Å². The molecule has 0 saturated carbocycles. The first-order valence-corrected chi connectivity index (χ1v) is 10.9. The molecule has 0 fully saturated rings. The zero-order chi connectivity index (χ0) is 21.2. The smallest absolute Gasteiger partial charge is 0.264 e. The fraction of sp³-hybridized carbons (Fsp3) is 0.238. The van der Waals surface area contributed by atoms with Gasteiger partial charge in [-0.1, -0.05) is 36.4 Å². The number of benzene rings is 2. The average Bonchev–Trinajstić information content (AvgIpc) is 2.70. The number of sulfone groups is 1. The Morgan fingerprint density at radius 1 is 1.07 bits per heavy atom. The molecule has 29 heavy (non-hydrogen) atoms. The summed E-state index contributed by atoms with van der Waals surface area (Å²) in [5.74, 6) is -1.03. The Morgan fingerprint density at radius 2 is 1.72 bits per heavy atom. The van der Waals surface area contributed by atoms with Gasteiger partial charge in [-0.25, -0.2) is 13.9 Å². The lowest BCUT2D eigenvalue weighted by Crippen LogP contribution is -2.49. The minimum absolute atomic E-state index is 0.00776. The highest BCUT2D eigenvalue weighted by atomic mass is 32.2. The standard InChI is InChI=1S/C21H22N2O5S/c1-21(20(25)22-26,29(2,27)28)10-12-23-11-9-18(14-19(23)24)17-8-7-15-5-3-4-6-16(15)13-17/h3-9,11,13-14,26H,10,12H2,1-2H3,(H,22,25)/t21-/m1/s1. The fourth-order valence-electron chi connectivity index (χ4n) is 3.16. The number of hydrogen-bond donors (Lipinski definition) is 2. The molecule has 0 saturated heterocycles. The van der Waals surface area contributed by atoms with E-state index in [1.165, 1.54) is 23.0 Å². The molecule has 2 aromatic carbocycles. The van der Waals surface area contributed by atoms with E-state index in [0.29, 0.717) is 0 Å². The lowest BCUT2D eigenvalue weighted by Gasteiger charge is -2.25.